The Labute approximate surface area is 369 Å². The Balaban J connectivity index is 1.08. The van der Waals surface area contributed by atoms with Gasteiger partial charge in [0.2, 0.25) is 0 Å². The van der Waals surface area contributed by atoms with Crippen molar-refractivity contribution in [3.8, 4) is 11.4 Å². The van der Waals surface area contributed by atoms with Crippen LogP contribution in [-0.4, -0.2) is 20.7 Å². The first-order chi connectivity index (χ1) is 31.7. The molecule has 0 amide bonds. The molecule has 0 aliphatic carbocycles. The number of hydrogen-bond donors (Lipinski definition) is 0. The van der Waals surface area contributed by atoms with E-state index in [4.69, 9.17) is 14.4 Å². The minimum absolute atomic E-state index is 0.0478. The van der Waals surface area contributed by atoms with Crippen molar-refractivity contribution in [2.45, 2.75) is 13.3 Å². The minimum atomic E-state index is 0.0478. The molecule has 0 N–H and O–H groups in total. The fourth-order valence-electron chi connectivity index (χ4n) is 10.2. The van der Waals surface area contributed by atoms with Gasteiger partial charge in [-0.3, -0.25) is 0 Å². The van der Waals surface area contributed by atoms with Crippen molar-refractivity contribution >= 4 is 93.6 Å². The number of amidine groups is 1. The quantitative estimate of drug-likeness (QED) is 0.171. The van der Waals surface area contributed by atoms with Crippen molar-refractivity contribution in [1.82, 2.24) is 9.13 Å². The van der Waals surface area contributed by atoms with Gasteiger partial charge in [-0.1, -0.05) is 153 Å². The first kappa shape index (κ1) is 36.4. The lowest BCUT2D eigenvalue weighted by molar-refractivity contribution is 0.668. The van der Waals surface area contributed by atoms with Crippen LogP contribution in [0.4, 0.5) is 0 Å². The van der Waals surface area contributed by atoms with Crippen LogP contribution in [0.5, 0.6) is 0 Å². The third-order valence-corrected chi connectivity index (χ3v) is 13.2. The fourth-order valence-corrected chi connectivity index (χ4v) is 10.2. The van der Waals surface area contributed by atoms with Gasteiger partial charge < -0.3 is 13.6 Å². The van der Waals surface area contributed by atoms with Crippen molar-refractivity contribution < 1.29 is 4.42 Å². The maximum absolute atomic E-state index is 6.65. The van der Waals surface area contributed by atoms with Crippen LogP contribution >= 0.6 is 0 Å². The van der Waals surface area contributed by atoms with Crippen molar-refractivity contribution in [2.24, 2.45) is 15.9 Å². The molecule has 1 aliphatic heterocycles. The summed E-state index contributed by atoms with van der Waals surface area (Å²) < 4.78 is 11.5. The summed E-state index contributed by atoms with van der Waals surface area (Å²) >= 11 is 0. The molecule has 1 aliphatic rings. The average molecular weight is 821 g/mol. The summed E-state index contributed by atoms with van der Waals surface area (Å²) in [5, 5.41) is 9.38. The summed E-state index contributed by atoms with van der Waals surface area (Å²) in [7, 11) is 0. The second-order valence-electron chi connectivity index (χ2n) is 16.9. The van der Waals surface area contributed by atoms with Gasteiger partial charge in [0.05, 0.1) is 39.2 Å². The number of fused-ring (bicyclic) bond motifs is 10. The van der Waals surface area contributed by atoms with Gasteiger partial charge in [0.15, 0.2) is 5.84 Å². The number of para-hydroxylation sites is 4. The predicted octanol–water partition coefficient (Wildman–Crippen LogP) is 15.3. The maximum Gasteiger partial charge on any atom is 0.160 e. The molecule has 0 bridgehead atoms. The average Bonchev–Trinajstić information content (AvgIpc) is 3.99. The Morgan fingerprint density at radius 2 is 1.12 bits per heavy atom. The number of aliphatic imine (C=N–C) groups is 2. The molecule has 13 rings (SSSR count). The van der Waals surface area contributed by atoms with Crippen molar-refractivity contribution in [3.05, 3.63) is 223 Å². The van der Waals surface area contributed by atoms with E-state index in [0.717, 1.165) is 84.4 Å². The highest BCUT2D eigenvalue weighted by molar-refractivity contribution is 6.24. The van der Waals surface area contributed by atoms with E-state index in [2.05, 4.69) is 216 Å². The third kappa shape index (κ3) is 5.64. The molecule has 0 radical (unpaired) electrons. The van der Waals surface area contributed by atoms with Crippen LogP contribution in [0.2, 0.25) is 0 Å². The zero-order valence-corrected chi connectivity index (χ0v) is 35.1. The first-order valence-corrected chi connectivity index (χ1v) is 22.0. The third-order valence-electron chi connectivity index (χ3n) is 13.2. The van der Waals surface area contributed by atoms with Crippen LogP contribution in [-0.2, 0) is 0 Å². The summed E-state index contributed by atoms with van der Waals surface area (Å²) in [5.74, 6) is 0.715. The van der Waals surface area contributed by atoms with E-state index in [1.807, 2.05) is 6.07 Å². The summed E-state index contributed by atoms with van der Waals surface area (Å²) in [5.41, 5.74) is 13.4. The molecule has 64 heavy (non-hydrogen) atoms. The highest BCUT2D eigenvalue weighted by Gasteiger charge is 2.26. The maximum atomic E-state index is 6.65. The Kier molecular flexibility index (Phi) is 8.19. The van der Waals surface area contributed by atoms with Crippen LogP contribution < -0.4 is 0 Å². The van der Waals surface area contributed by atoms with Crippen LogP contribution in [0.25, 0.3) is 93.4 Å². The number of benzene rings is 9. The van der Waals surface area contributed by atoms with Gasteiger partial charge in [-0.05, 0) is 77.9 Å². The van der Waals surface area contributed by atoms with Crippen LogP contribution in [0, 0.1) is 5.92 Å². The molecule has 0 spiro atoms. The van der Waals surface area contributed by atoms with E-state index in [0.29, 0.717) is 5.84 Å². The molecule has 5 nitrogen and oxygen atoms in total. The number of allylic oxidation sites excluding steroid dienone is 1. The van der Waals surface area contributed by atoms with Crippen LogP contribution in [0.15, 0.2) is 221 Å². The molecular formula is C59H40N4O. The lowest BCUT2D eigenvalue weighted by Crippen LogP contribution is -2.17. The van der Waals surface area contributed by atoms with Gasteiger partial charge in [-0.2, -0.15) is 0 Å². The summed E-state index contributed by atoms with van der Waals surface area (Å²) in [4.78, 5) is 11.3. The van der Waals surface area contributed by atoms with Gasteiger partial charge in [-0.25, -0.2) is 9.98 Å². The summed E-state index contributed by atoms with van der Waals surface area (Å²) in [6.45, 7) is 2.30. The molecule has 4 heterocycles. The van der Waals surface area contributed by atoms with Gasteiger partial charge in [-0.15, -0.1) is 0 Å². The first-order valence-electron chi connectivity index (χ1n) is 22.0. The van der Waals surface area contributed by atoms with Crippen molar-refractivity contribution in [1.29, 1.82) is 0 Å². The van der Waals surface area contributed by atoms with E-state index in [9.17, 15) is 0 Å². The summed E-state index contributed by atoms with van der Waals surface area (Å²) in [6, 6.07) is 71.4. The number of furan rings is 1. The zero-order valence-electron chi connectivity index (χ0n) is 35.1. The van der Waals surface area contributed by atoms with Crippen molar-refractivity contribution in [2.75, 3.05) is 0 Å². The second kappa shape index (κ2) is 14.4. The largest absolute Gasteiger partial charge is 0.456 e. The number of aromatic nitrogens is 2. The summed E-state index contributed by atoms with van der Waals surface area (Å²) in [6.07, 6.45) is 3.05. The highest BCUT2D eigenvalue weighted by atomic mass is 16.3. The standard InChI is InChI=1S/C59H40N4O/c1-37-31-32-49(60-59(38-17-4-2-5-18-38)61-58(37)45-26-16-29-52-57(45)44-25-11-14-28-51(44)62(52)41-21-6-3-7-22-41)48-36-56-47(43-24-12-15-30-55(43)64-56)35-54(48)63-50-27-13-10-23-42(50)46-33-39-19-8-9-20-40(39)34-53(46)63/h2-30,32-37H,31H2,1H3/b49-32+,60-59-,61-58+/t37-/m0/s1. The lowest BCUT2D eigenvalue weighted by atomic mass is 9.90. The van der Waals surface area contributed by atoms with E-state index >= 15 is 0 Å². The van der Waals surface area contributed by atoms with Crippen LogP contribution in [0.3, 0.4) is 0 Å². The zero-order chi connectivity index (χ0) is 42.3. The van der Waals surface area contributed by atoms with Gasteiger partial charge in [0.25, 0.3) is 0 Å². The molecule has 3 aromatic heterocycles. The van der Waals surface area contributed by atoms with Crippen LogP contribution in [0.1, 0.15) is 30.0 Å². The van der Waals surface area contributed by atoms with E-state index in [1.54, 1.807) is 0 Å². The second-order valence-corrected chi connectivity index (χ2v) is 16.9. The van der Waals surface area contributed by atoms with E-state index in [1.165, 1.54) is 37.8 Å². The molecule has 12 aromatic rings. The van der Waals surface area contributed by atoms with Gasteiger partial charge in [0.1, 0.15) is 11.2 Å². The SMILES string of the molecule is C[C@H]1C/C=C(c2cc3oc4ccccc4c3cc2-n2c3ccccc3c3cc4ccccc4cc32)/N=C(c2ccccc2)\N=C/1c1cccc2c1c1ccccc1n2-c1ccccc1. The Bertz CT molecular complexity index is 3940. The molecule has 302 valence electrons. The monoisotopic (exact) mass is 820 g/mol. The lowest BCUT2D eigenvalue weighted by Gasteiger charge is -2.21. The molecular weight excluding hydrogens is 781 g/mol. The molecule has 0 saturated heterocycles. The minimum Gasteiger partial charge on any atom is -0.456 e. The molecule has 1 atom stereocenters. The Hall–Kier alpha value is -8.28. The number of nitrogens with zero attached hydrogens (tertiary/aromatic N) is 4. The fraction of sp³-hybridized carbons (Fsp3) is 0.0508. The normalized spacial score (nSPS) is 17.1. The van der Waals surface area contributed by atoms with E-state index < -0.39 is 0 Å². The molecule has 0 unspecified atom stereocenters. The van der Waals surface area contributed by atoms with Crippen molar-refractivity contribution in [3.63, 3.8) is 0 Å². The topological polar surface area (TPSA) is 47.7 Å². The molecule has 0 saturated carbocycles. The van der Waals surface area contributed by atoms with E-state index in [-0.39, 0.29) is 5.92 Å². The Morgan fingerprint density at radius 3 is 1.94 bits per heavy atom. The van der Waals surface area contributed by atoms with Gasteiger partial charge >= 0.3 is 0 Å². The Morgan fingerprint density at radius 1 is 0.469 bits per heavy atom. The number of hydrogen-bond acceptors (Lipinski definition) is 3. The highest BCUT2D eigenvalue weighted by Crippen LogP contribution is 2.42. The predicted molar refractivity (Wildman–Crippen MR) is 268 cm³/mol. The number of rotatable bonds is 5. The molecule has 0 fully saturated rings. The molecule has 5 heteroatoms. The molecule has 9 aromatic carbocycles. The smallest absolute Gasteiger partial charge is 0.160 e. The van der Waals surface area contributed by atoms with Gasteiger partial charge in [0, 0.05) is 60.6 Å².